The van der Waals surface area contributed by atoms with Crippen molar-refractivity contribution in [2.24, 2.45) is 16.1 Å². The molecule has 2 aliphatic rings. The number of carbonyl (C=O) groups is 4. The Hall–Kier alpha value is -3.01. The zero-order valence-corrected chi connectivity index (χ0v) is 16.7. The molecule has 1 saturated heterocycles. The second-order valence-electron chi connectivity index (χ2n) is 7.09. The molecule has 1 aromatic carbocycles. The summed E-state index contributed by atoms with van der Waals surface area (Å²) in [5, 5.41) is 18.5. The molecule has 0 aliphatic carbocycles. The fourth-order valence-electron chi connectivity index (χ4n) is 2.87. The van der Waals surface area contributed by atoms with Crippen molar-refractivity contribution >= 4 is 46.8 Å². The number of nitrogens with zero attached hydrogens (tertiary/aromatic N) is 3. The number of nitrogens with one attached hydrogen (secondary N) is 1. The maximum Gasteiger partial charge on any atom is 0.305 e. The molecule has 2 N–H and O–H groups in total. The number of fused-ring (bicyclic) bond motifs is 1. The second kappa shape index (κ2) is 8.56. The summed E-state index contributed by atoms with van der Waals surface area (Å²) in [7, 11) is 0. The van der Waals surface area contributed by atoms with Gasteiger partial charge in [-0.1, -0.05) is 31.7 Å². The van der Waals surface area contributed by atoms with Gasteiger partial charge in [-0.05, 0) is 30.0 Å². The van der Waals surface area contributed by atoms with Crippen LogP contribution in [0.25, 0.3) is 0 Å². The minimum atomic E-state index is -1.07. The number of carboxylic acids is 1. The van der Waals surface area contributed by atoms with E-state index in [1.54, 1.807) is 18.2 Å². The zero-order chi connectivity index (χ0) is 21.1. The van der Waals surface area contributed by atoms with Gasteiger partial charge in [-0.25, -0.2) is 0 Å². The van der Waals surface area contributed by atoms with Crippen LogP contribution in [-0.4, -0.2) is 56.9 Å². The number of rotatable bonds is 7. The molecule has 3 amide bonds. The molecule has 0 bridgehead atoms. The van der Waals surface area contributed by atoms with Crippen LogP contribution in [0.1, 0.15) is 53.0 Å². The molecule has 1 fully saturated rings. The normalized spacial score (nSPS) is 20.2. The molecule has 0 aromatic heterocycles. The SMILES string of the molecule is CC(C)CCN1C(=O)c2ccc(C=NN=C3NC(=O)C(CC(=O)O)S3)cc2C1=O. The highest BCUT2D eigenvalue weighted by Gasteiger charge is 2.35. The van der Waals surface area contributed by atoms with Gasteiger partial charge in [-0.3, -0.25) is 24.1 Å². The van der Waals surface area contributed by atoms with E-state index in [-0.39, 0.29) is 23.4 Å². The van der Waals surface area contributed by atoms with Gasteiger partial charge in [-0.2, -0.15) is 5.10 Å². The maximum atomic E-state index is 12.5. The topological polar surface area (TPSA) is 128 Å². The summed E-state index contributed by atoms with van der Waals surface area (Å²) in [6.07, 6.45) is 1.84. The third-order valence-electron chi connectivity index (χ3n) is 4.42. The third kappa shape index (κ3) is 4.70. The number of carbonyl (C=O) groups excluding carboxylic acids is 3. The summed E-state index contributed by atoms with van der Waals surface area (Å²) in [6.45, 7) is 4.45. The van der Waals surface area contributed by atoms with E-state index in [9.17, 15) is 19.2 Å². The average molecular weight is 416 g/mol. The highest BCUT2D eigenvalue weighted by atomic mass is 32.2. The van der Waals surface area contributed by atoms with Crippen LogP contribution in [0.4, 0.5) is 0 Å². The Labute approximate surface area is 171 Å². The van der Waals surface area contributed by atoms with Crippen molar-refractivity contribution in [1.82, 2.24) is 10.2 Å². The van der Waals surface area contributed by atoms with E-state index in [1.807, 2.05) is 13.8 Å². The van der Waals surface area contributed by atoms with Crippen LogP contribution in [-0.2, 0) is 9.59 Å². The lowest BCUT2D eigenvalue weighted by atomic mass is 10.1. The van der Waals surface area contributed by atoms with E-state index in [2.05, 4.69) is 15.5 Å². The molecule has 1 aromatic rings. The van der Waals surface area contributed by atoms with E-state index in [1.165, 1.54) is 11.1 Å². The minimum Gasteiger partial charge on any atom is -0.481 e. The van der Waals surface area contributed by atoms with Crippen LogP contribution in [0.3, 0.4) is 0 Å². The van der Waals surface area contributed by atoms with E-state index < -0.39 is 17.1 Å². The van der Waals surface area contributed by atoms with Gasteiger partial charge in [0.1, 0.15) is 5.25 Å². The number of imide groups is 1. The van der Waals surface area contributed by atoms with Crippen molar-refractivity contribution in [2.45, 2.75) is 31.9 Å². The Kier molecular flexibility index (Phi) is 6.12. The number of carboxylic acid groups (broad SMARTS) is 1. The quantitative estimate of drug-likeness (QED) is 0.396. The molecule has 29 heavy (non-hydrogen) atoms. The van der Waals surface area contributed by atoms with Gasteiger partial charge in [0.05, 0.1) is 23.8 Å². The fourth-order valence-corrected chi connectivity index (χ4v) is 3.79. The van der Waals surface area contributed by atoms with Gasteiger partial charge >= 0.3 is 5.97 Å². The molecule has 152 valence electrons. The molecule has 9 nitrogen and oxygen atoms in total. The Balaban J connectivity index is 1.69. The number of benzene rings is 1. The van der Waals surface area contributed by atoms with Crippen LogP contribution in [0.2, 0.25) is 0 Å². The number of hydrogen-bond donors (Lipinski definition) is 2. The van der Waals surface area contributed by atoms with E-state index in [4.69, 9.17) is 5.11 Å². The number of aliphatic carboxylic acids is 1. The highest BCUT2D eigenvalue weighted by Crippen LogP contribution is 2.25. The van der Waals surface area contributed by atoms with Crippen molar-refractivity contribution in [3.05, 3.63) is 34.9 Å². The van der Waals surface area contributed by atoms with Gasteiger partial charge in [0.2, 0.25) is 5.91 Å². The first-order valence-corrected chi connectivity index (χ1v) is 9.94. The van der Waals surface area contributed by atoms with E-state index in [0.717, 1.165) is 18.2 Å². The first kappa shape index (κ1) is 20.7. The molecule has 0 radical (unpaired) electrons. The second-order valence-corrected chi connectivity index (χ2v) is 8.28. The average Bonchev–Trinajstić information content (AvgIpc) is 3.10. The van der Waals surface area contributed by atoms with Gasteiger partial charge in [0.15, 0.2) is 5.17 Å². The molecule has 1 unspecified atom stereocenters. The lowest BCUT2D eigenvalue weighted by molar-refractivity contribution is -0.138. The molecule has 10 heteroatoms. The monoisotopic (exact) mass is 416 g/mol. The summed E-state index contributed by atoms with van der Waals surface area (Å²) in [5.74, 6) is -1.71. The molecular weight excluding hydrogens is 396 g/mol. The van der Waals surface area contributed by atoms with Gasteiger partial charge in [0.25, 0.3) is 11.8 Å². The number of amidine groups is 1. The van der Waals surface area contributed by atoms with Crippen LogP contribution in [0, 0.1) is 5.92 Å². The number of thioether (sulfide) groups is 1. The van der Waals surface area contributed by atoms with Crippen LogP contribution >= 0.6 is 11.8 Å². The standard InChI is InChI=1S/C19H20N4O5S/c1-10(2)5-6-23-17(27)12-4-3-11(7-13(12)18(23)28)9-20-22-19-21-16(26)14(29-19)8-15(24)25/h3-4,7,9-10,14H,5-6,8H2,1-2H3,(H,24,25)(H,21,22,26). The summed E-state index contributed by atoms with van der Waals surface area (Å²) in [4.78, 5) is 48.6. The van der Waals surface area contributed by atoms with Gasteiger partial charge in [-0.15, -0.1) is 5.10 Å². The van der Waals surface area contributed by atoms with Crippen LogP contribution in [0.5, 0.6) is 0 Å². The Morgan fingerprint density at radius 3 is 2.69 bits per heavy atom. The van der Waals surface area contributed by atoms with Crippen LogP contribution in [0.15, 0.2) is 28.4 Å². The van der Waals surface area contributed by atoms with Crippen molar-refractivity contribution in [3.8, 4) is 0 Å². The maximum absolute atomic E-state index is 12.5. The summed E-state index contributed by atoms with van der Waals surface area (Å²) < 4.78 is 0. The Bertz CT molecular complexity index is 941. The third-order valence-corrected chi connectivity index (χ3v) is 5.49. The Morgan fingerprint density at radius 1 is 1.28 bits per heavy atom. The molecule has 0 spiro atoms. The largest absolute Gasteiger partial charge is 0.481 e. The van der Waals surface area contributed by atoms with Gasteiger partial charge < -0.3 is 10.4 Å². The highest BCUT2D eigenvalue weighted by molar-refractivity contribution is 8.15. The minimum absolute atomic E-state index is 0.213. The van der Waals surface area contributed by atoms with Crippen molar-refractivity contribution in [2.75, 3.05) is 6.54 Å². The summed E-state index contributed by atoms with van der Waals surface area (Å²) in [6, 6.07) is 4.84. The molecular formula is C19H20N4O5S. The predicted molar refractivity (Wildman–Crippen MR) is 108 cm³/mol. The summed E-state index contributed by atoms with van der Waals surface area (Å²) in [5.41, 5.74) is 1.29. The van der Waals surface area contributed by atoms with Crippen molar-refractivity contribution in [1.29, 1.82) is 0 Å². The first-order valence-electron chi connectivity index (χ1n) is 9.07. The smallest absolute Gasteiger partial charge is 0.305 e. The number of hydrogen-bond acceptors (Lipinski definition) is 7. The van der Waals surface area contributed by atoms with Crippen LogP contribution < -0.4 is 5.32 Å². The number of amides is 3. The summed E-state index contributed by atoms with van der Waals surface area (Å²) >= 11 is 1.00. The van der Waals surface area contributed by atoms with Gasteiger partial charge in [0, 0.05) is 6.54 Å². The molecule has 1 atom stereocenters. The molecule has 2 heterocycles. The van der Waals surface area contributed by atoms with E-state index >= 15 is 0 Å². The molecule has 2 aliphatic heterocycles. The molecule has 0 saturated carbocycles. The predicted octanol–water partition coefficient (Wildman–Crippen LogP) is 1.72. The zero-order valence-electron chi connectivity index (χ0n) is 15.9. The lowest BCUT2D eigenvalue weighted by Gasteiger charge is -2.14. The first-order chi connectivity index (χ1) is 13.8. The van der Waals surface area contributed by atoms with Crippen molar-refractivity contribution in [3.63, 3.8) is 0 Å². The fraction of sp³-hybridized carbons (Fsp3) is 0.368. The lowest BCUT2D eigenvalue weighted by Crippen LogP contribution is -2.31. The van der Waals surface area contributed by atoms with E-state index in [0.29, 0.717) is 29.2 Å². The molecule has 3 rings (SSSR count). The Morgan fingerprint density at radius 2 is 2.00 bits per heavy atom. The van der Waals surface area contributed by atoms with Crippen molar-refractivity contribution < 1.29 is 24.3 Å².